The third-order valence-electron chi connectivity index (χ3n) is 2.71. The van der Waals surface area contributed by atoms with Crippen molar-refractivity contribution in [3.05, 3.63) is 0 Å². The Kier molecular flexibility index (Phi) is 4.22. The van der Waals surface area contributed by atoms with E-state index >= 15 is 0 Å². The van der Waals surface area contributed by atoms with E-state index in [0.29, 0.717) is 11.7 Å². The van der Waals surface area contributed by atoms with Crippen LogP contribution in [-0.4, -0.2) is 61.7 Å². The summed E-state index contributed by atoms with van der Waals surface area (Å²) in [5.74, 6) is 2.42. The average Bonchev–Trinajstić information content (AvgIpc) is 2.74. The van der Waals surface area contributed by atoms with Crippen molar-refractivity contribution < 1.29 is 15.3 Å². The van der Waals surface area contributed by atoms with Crippen molar-refractivity contribution in [3.8, 4) is 12.3 Å². The molecule has 7 heteroatoms. The van der Waals surface area contributed by atoms with Crippen molar-refractivity contribution in [3.63, 3.8) is 0 Å². The fraction of sp³-hybridized carbons (Fsp3) is 0.700. The standard InChI is InChI=1S/C10H14N2O3S2/c1-2-3-11-10-12-6-8(15)7(14)5(4-13)16-9(6)17-10/h1,5-9,13-15H,3-4H2,(H,11,12)/t5-,6-,7-,8-,9-/m1/s1. The Balaban J connectivity index is 2.08. The first-order valence-corrected chi connectivity index (χ1v) is 7.03. The number of fused-ring (bicyclic) bond motifs is 1. The van der Waals surface area contributed by atoms with Gasteiger partial charge in [-0.25, -0.2) is 4.99 Å². The number of thioether (sulfide) groups is 2. The predicted molar refractivity (Wildman–Crippen MR) is 69.9 cm³/mol. The summed E-state index contributed by atoms with van der Waals surface area (Å²) in [6, 6.07) is -0.251. The molecule has 4 N–H and O–H groups in total. The minimum Gasteiger partial charge on any atom is -0.395 e. The molecule has 2 heterocycles. The van der Waals surface area contributed by atoms with E-state index in [4.69, 9.17) is 11.5 Å². The molecule has 0 bridgehead atoms. The first kappa shape index (κ1) is 13.1. The zero-order chi connectivity index (χ0) is 12.4. The molecule has 0 aromatic carbocycles. The molecule has 5 nitrogen and oxygen atoms in total. The Morgan fingerprint density at radius 2 is 2.18 bits per heavy atom. The lowest BCUT2D eigenvalue weighted by Crippen LogP contribution is -2.56. The van der Waals surface area contributed by atoms with Gasteiger partial charge in [-0.2, -0.15) is 0 Å². The molecule has 0 unspecified atom stereocenters. The van der Waals surface area contributed by atoms with E-state index in [0.717, 1.165) is 0 Å². The summed E-state index contributed by atoms with van der Waals surface area (Å²) in [5.41, 5.74) is 0. The van der Waals surface area contributed by atoms with Gasteiger partial charge in [0.15, 0.2) is 5.17 Å². The van der Waals surface area contributed by atoms with Crippen molar-refractivity contribution in [1.29, 1.82) is 0 Å². The molecule has 2 rings (SSSR count). The zero-order valence-electron chi connectivity index (χ0n) is 8.98. The van der Waals surface area contributed by atoms with Gasteiger partial charge in [0.2, 0.25) is 0 Å². The van der Waals surface area contributed by atoms with Gasteiger partial charge in [0.25, 0.3) is 0 Å². The van der Waals surface area contributed by atoms with E-state index < -0.39 is 12.2 Å². The first-order chi connectivity index (χ1) is 8.17. The van der Waals surface area contributed by atoms with Crippen molar-refractivity contribution in [2.24, 2.45) is 4.99 Å². The Morgan fingerprint density at radius 3 is 2.82 bits per heavy atom. The van der Waals surface area contributed by atoms with Crippen LogP contribution >= 0.6 is 23.5 Å². The molecule has 94 valence electrons. The van der Waals surface area contributed by atoms with Crippen molar-refractivity contribution in [2.45, 2.75) is 28.1 Å². The quantitative estimate of drug-likeness (QED) is 0.475. The molecule has 0 spiro atoms. The monoisotopic (exact) mass is 274 g/mol. The van der Waals surface area contributed by atoms with Gasteiger partial charge in [-0.15, -0.1) is 18.2 Å². The molecule has 2 saturated heterocycles. The van der Waals surface area contributed by atoms with Crippen LogP contribution in [0.1, 0.15) is 0 Å². The predicted octanol–water partition coefficient (Wildman–Crippen LogP) is -1.16. The molecule has 2 aliphatic rings. The summed E-state index contributed by atoms with van der Waals surface area (Å²) in [5, 5.41) is 32.3. The molecular formula is C10H14N2O3S2. The van der Waals surface area contributed by atoms with Gasteiger partial charge < -0.3 is 20.6 Å². The summed E-state index contributed by atoms with van der Waals surface area (Å²) >= 11 is 2.94. The molecule has 0 aromatic heterocycles. The molecule has 2 fully saturated rings. The number of hydrogen-bond donors (Lipinski definition) is 4. The van der Waals surface area contributed by atoms with Gasteiger partial charge >= 0.3 is 0 Å². The highest BCUT2D eigenvalue weighted by Gasteiger charge is 2.48. The van der Waals surface area contributed by atoms with Gasteiger partial charge in [0.05, 0.1) is 28.6 Å². The summed E-state index contributed by atoms with van der Waals surface area (Å²) in [6.45, 7) is 0.144. The first-order valence-electron chi connectivity index (χ1n) is 5.21. The van der Waals surface area contributed by atoms with Gasteiger partial charge in [0, 0.05) is 0 Å². The van der Waals surface area contributed by atoms with E-state index in [9.17, 15) is 10.2 Å². The molecule has 0 saturated carbocycles. The lowest BCUT2D eigenvalue weighted by Gasteiger charge is -2.37. The Hall–Kier alpha value is -0.390. The number of rotatable bonds is 2. The third kappa shape index (κ3) is 2.56. The summed E-state index contributed by atoms with van der Waals surface area (Å²) < 4.78 is 0.0436. The van der Waals surface area contributed by atoms with Crippen molar-refractivity contribution >= 4 is 28.7 Å². The van der Waals surface area contributed by atoms with Crippen LogP contribution in [0.25, 0.3) is 0 Å². The van der Waals surface area contributed by atoms with Crippen LogP contribution in [0.3, 0.4) is 0 Å². The molecule has 0 radical (unpaired) electrons. The second-order valence-corrected chi connectivity index (χ2v) is 6.63. The largest absolute Gasteiger partial charge is 0.395 e. The highest BCUT2D eigenvalue weighted by molar-refractivity contribution is 8.25. The number of aliphatic hydroxyl groups is 3. The minimum atomic E-state index is -0.925. The van der Waals surface area contributed by atoms with Gasteiger partial charge in [-0.05, 0) is 0 Å². The number of hydrogen-bond acceptors (Lipinski definition) is 6. The maximum absolute atomic E-state index is 9.95. The highest BCUT2D eigenvalue weighted by Crippen LogP contribution is 2.42. The number of aliphatic imine (C=N–C) groups is 1. The third-order valence-corrected chi connectivity index (χ3v) is 5.67. The second-order valence-electron chi connectivity index (χ2n) is 3.82. The van der Waals surface area contributed by atoms with Crippen LogP contribution < -0.4 is 5.32 Å². The van der Waals surface area contributed by atoms with Crippen molar-refractivity contribution in [2.75, 3.05) is 13.2 Å². The lowest BCUT2D eigenvalue weighted by atomic mass is 10.0. The van der Waals surface area contributed by atoms with Crippen LogP contribution in [0.4, 0.5) is 0 Å². The van der Waals surface area contributed by atoms with Crippen LogP contribution in [0.2, 0.25) is 0 Å². The lowest BCUT2D eigenvalue weighted by molar-refractivity contribution is -0.00916. The number of terminal acetylenes is 1. The molecular weight excluding hydrogens is 260 g/mol. The Bertz CT molecular complexity index is 358. The Morgan fingerprint density at radius 1 is 1.41 bits per heavy atom. The molecule has 17 heavy (non-hydrogen) atoms. The maximum Gasteiger partial charge on any atom is 0.159 e. The van der Waals surface area contributed by atoms with E-state index in [1.54, 1.807) is 0 Å². The molecule has 5 atom stereocenters. The average molecular weight is 274 g/mol. The number of nitrogens with zero attached hydrogens (tertiary/aromatic N) is 1. The van der Waals surface area contributed by atoms with Crippen LogP contribution in [0.15, 0.2) is 4.99 Å². The SMILES string of the molecule is C#CCN=C1N[C@H]2[C@@H](S1)S[C@H](CO)[C@@H](O)[C@@H]2O. The number of aliphatic hydroxyl groups excluding tert-OH is 3. The van der Waals surface area contributed by atoms with E-state index in [1.807, 2.05) is 0 Å². The number of amidine groups is 1. The van der Waals surface area contributed by atoms with Gasteiger partial charge in [-0.1, -0.05) is 17.7 Å². The van der Waals surface area contributed by atoms with Crippen LogP contribution in [0.5, 0.6) is 0 Å². The van der Waals surface area contributed by atoms with Crippen LogP contribution in [-0.2, 0) is 0 Å². The highest BCUT2D eigenvalue weighted by atomic mass is 32.2. The van der Waals surface area contributed by atoms with E-state index in [-0.39, 0.29) is 22.5 Å². The smallest absolute Gasteiger partial charge is 0.159 e. The molecule has 0 aliphatic carbocycles. The molecule has 2 aliphatic heterocycles. The summed E-state index contributed by atoms with van der Waals surface area (Å²) in [6.07, 6.45) is 3.30. The Labute approximate surface area is 108 Å². The molecule has 0 aromatic rings. The summed E-state index contributed by atoms with van der Waals surface area (Å²) in [4.78, 5) is 4.14. The topological polar surface area (TPSA) is 85.1 Å². The zero-order valence-corrected chi connectivity index (χ0v) is 10.6. The summed E-state index contributed by atoms with van der Waals surface area (Å²) in [7, 11) is 0. The maximum atomic E-state index is 9.95. The van der Waals surface area contributed by atoms with Crippen LogP contribution in [0, 0.1) is 12.3 Å². The van der Waals surface area contributed by atoms with E-state index in [1.165, 1.54) is 23.5 Å². The number of nitrogens with one attached hydrogen (secondary N) is 1. The minimum absolute atomic E-state index is 0.0436. The second kappa shape index (κ2) is 5.50. The van der Waals surface area contributed by atoms with E-state index in [2.05, 4.69) is 16.2 Å². The normalized spacial score (nSPS) is 42.9. The van der Waals surface area contributed by atoms with Gasteiger partial charge in [-0.3, -0.25) is 0 Å². The molecule has 0 amide bonds. The van der Waals surface area contributed by atoms with Gasteiger partial charge in [0.1, 0.15) is 12.6 Å². The fourth-order valence-electron chi connectivity index (χ4n) is 1.82. The van der Waals surface area contributed by atoms with Crippen molar-refractivity contribution in [1.82, 2.24) is 5.32 Å². The fourth-order valence-corrected chi connectivity index (χ4v) is 4.84.